The Labute approximate surface area is 159 Å². The molecule has 0 bridgehead atoms. The standard InChI is InChI=1S/C23H37NO2/c1-14(13-26-4)16-7-8-17-15-5-6-19-21(24)20(25)10-12-23(19,3)18(15)9-11-22(16,17)2/h14-18H,5-13,24H2,1-4H3/t14-,15+,16-,17+,18+,22-,23-/m1/s1. The Morgan fingerprint density at radius 3 is 2.62 bits per heavy atom. The summed E-state index contributed by atoms with van der Waals surface area (Å²) in [6, 6.07) is 0. The van der Waals surface area contributed by atoms with E-state index in [1.54, 1.807) is 0 Å². The van der Waals surface area contributed by atoms with E-state index in [9.17, 15) is 4.79 Å². The summed E-state index contributed by atoms with van der Waals surface area (Å²) in [5, 5.41) is 0. The second kappa shape index (κ2) is 6.36. The maximum Gasteiger partial charge on any atom is 0.178 e. The molecule has 0 saturated heterocycles. The molecule has 0 unspecified atom stereocenters. The van der Waals surface area contributed by atoms with Gasteiger partial charge in [-0.1, -0.05) is 20.8 Å². The average molecular weight is 360 g/mol. The van der Waals surface area contributed by atoms with Crippen LogP contribution in [0.2, 0.25) is 0 Å². The summed E-state index contributed by atoms with van der Waals surface area (Å²) in [4.78, 5) is 12.2. The summed E-state index contributed by atoms with van der Waals surface area (Å²) < 4.78 is 5.50. The van der Waals surface area contributed by atoms with E-state index >= 15 is 0 Å². The third-order valence-electron chi connectivity index (χ3n) is 9.36. The van der Waals surface area contributed by atoms with Crippen LogP contribution in [0.3, 0.4) is 0 Å². The molecule has 4 rings (SSSR count). The van der Waals surface area contributed by atoms with Gasteiger partial charge in [-0.2, -0.15) is 0 Å². The van der Waals surface area contributed by atoms with Crippen molar-refractivity contribution in [3.05, 3.63) is 11.3 Å². The number of nitrogens with two attached hydrogens (primary N) is 1. The lowest BCUT2D eigenvalue weighted by molar-refractivity contribution is -0.119. The molecule has 0 radical (unpaired) electrons. The zero-order chi connectivity index (χ0) is 18.7. The van der Waals surface area contributed by atoms with Gasteiger partial charge in [0.25, 0.3) is 0 Å². The Morgan fingerprint density at radius 2 is 1.88 bits per heavy atom. The van der Waals surface area contributed by atoms with Gasteiger partial charge in [0.1, 0.15) is 0 Å². The highest BCUT2D eigenvalue weighted by Gasteiger charge is 2.59. The van der Waals surface area contributed by atoms with Crippen LogP contribution in [-0.4, -0.2) is 19.5 Å². The first-order valence-electron chi connectivity index (χ1n) is 10.8. The molecule has 0 aromatic rings. The number of allylic oxidation sites excluding steroid dienone is 1. The molecular formula is C23H37NO2. The van der Waals surface area contributed by atoms with Crippen molar-refractivity contribution >= 4 is 5.78 Å². The van der Waals surface area contributed by atoms with Gasteiger partial charge in [0.05, 0.1) is 5.70 Å². The normalized spacial score (nSPS) is 46.5. The van der Waals surface area contributed by atoms with E-state index in [2.05, 4.69) is 20.8 Å². The second-order valence-electron chi connectivity index (χ2n) is 10.3. The summed E-state index contributed by atoms with van der Waals surface area (Å²) in [5.41, 5.74) is 8.89. The molecule has 3 fully saturated rings. The Hall–Kier alpha value is -0.830. The molecule has 0 spiro atoms. The number of hydrogen-bond acceptors (Lipinski definition) is 3. The lowest BCUT2D eigenvalue weighted by Gasteiger charge is -2.58. The number of ether oxygens (including phenoxy) is 1. The van der Waals surface area contributed by atoms with Crippen LogP contribution in [0, 0.1) is 40.4 Å². The van der Waals surface area contributed by atoms with Crippen LogP contribution in [0.25, 0.3) is 0 Å². The topological polar surface area (TPSA) is 52.3 Å². The lowest BCUT2D eigenvalue weighted by atomic mass is 9.46. The Balaban J connectivity index is 1.63. The molecule has 26 heavy (non-hydrogen) atoms. The van der Waals surface area contributed by atoms with Crippen molar-refractivity contribution in [2.75, 3.05) is 13.7 Å². The largest absolute Gasteiger partial charge is 0.396 e. The van der Waals surface area contributed by atoms with Crippen molar-refractivity contribution in [3.8, 4) is 0 Å². The predicted octanol–water partition coefficient (Wildman–Crippen LogP) is 4.70. The van der Waals surface area contributed by atoms with Gasteiger partial charge in [-0.25, -0.2) is 0 Å². The third-order valence-corrected chi connectivity index (χ3v) is 9.36. The van der Waals surface area contributed by atoms with E-state index in [1.165, 1.54) is 37.7 Å². The van der Waals surface area contributed by atoms with Crippen LogP contribution in [0.1, 0.15) is 72.1 Å². The Morgan fingerprint density at radius 1 is 1.12 bits per heavy atom. The van der Waals surface area contributed by atoms with E-state index in [4.69, 9.17) is 10.5 Å². The molecule has 146 valence electrons. The number of rotatable bonds is 3. The van der Waals surface area contributed by atoms with E-state index in [1.807, 2.05) is 7.11 Å². The van der Waals surface area contributed by atoms with Crippen LogP contribution >= 0.6 is 0 Å². The number of methoxy groups -OCH3 is 1. The summed E-state index contributed by atoms with van der Waals surface area (Å²) in [7, 11) is 1.84. The zero-order valence-corrected chi connectivity index (χ0v) is 17.1. The van der Waals surface area contributed by atoms with Gasteiger partial charge in [0.15, 0.2) is 5.78 Å². The van der Waals surface area contributed by atoms with Gasteiger partial charge in [-0.3, -0.25) is 4.79 Å². The van der Waals surface area contributed by atoms with Crippen molar-refractivity contribution in [2.45, 2.75) is 72.1 Å². The summed E-state index contributed by atoms with van der Waals surface area (Å²) in [6.07, 6.45) is 9.40. The molecule has 0 amide bonds. The minimum absolute atomic E-state index is 0.179. The molecular weight excluding hydrogens is 322 g/mol. The SMILES string of the molecule is COC[C@@H](C)[C@H]1CC[C@H]2[C@@H]3CCC4=C(N)C(=O)CC[C@]4(C)[C@H]3CC[C@]12C. The summed E-state index contributed by atoms with van der Waals surface area (Å²) in [6.45, 7) is 8.31. The van der Waals surface area contributed by atoms with E-state index in [0.29, 0.717) is 23.5 Å². The number of ketones is 1. The minimum atomic E-state index is 0.179. The van der Waals surface area contributed by atoms with Crippen LogP contribution in [-0.2, 0) is 9.53 Å². The van der Waals surface area contributed by atoms with Crippen molar-refractivity contribution in [3.63, 3.8) is 0 Å². The molecule has 0 heterocycles. The molecule has 4 aliphatic rings. The first kappa shape index (κ1) is 18.5. The van der Waals surface area contributed by atoms with E-state index < -0.39 is 0 Å². The van der Waals surface area contributed by atoms with Gasteiger partial charge >= 0.3 is 0 Å². The molecule has 3 heteroatoms. The van der Waals surface area contributed by atoms with Crippen molar-refractivity contribution in [1.82, 2.24) is 0 Å². The van der Waals surface area contributed by atoms with Gasteiger partial charge < -0.3 is 10.5 Å². The van der Waals surface area contributed by atoms with Gasteiger partial charge in [0, 0.05) is 20.1 Å². The van der Waals surface area contributed by atoms with Gasteiger partial charge in [0.2, 0.25) is 0 Å². The molecule has 4 aliphatic carbocycles. The molecule has 0 aliphatic heterocycles. The fraction of sp³-hybridized carbons (Fsp3) is 0.870. The van der Waals surface area contributed by atoms with Crippen LogP contribution in [0.4, 0.5) is 0 Å². The van der Waals surface area contributed by atoms with Crippen molar-refractivity contribution < 1.29 is 9.53 Å². The number of Topliss-reactive ketones (excluding diaryl/α,β-unsaturated/α-hetero) is 1. The number of carbonyl (C=O) groups excluding carboxylic acids is 1. The maximum atomic E-state index is 12.2. The quantitative estimate of drug-likeness (QED) is 0.794. The van der Waals surface area contributed by atoms with E-state index in [-0.39, 0.29) is 11.2 Å². The van der Waals surface area contributed by atoms with Gasteiger partial charge in [-0.15, -0.1) is 0 Å². The van der Waals surface area contributed by atoms with Gasteiger partial charge in [-0.05, 0) is 90.9 Å². The molecule has 3 saturated carbocycles. The highest BCUT2D eigenvalue weighted by Crippen LogP contribution is 2.67. The number of hydrogen-bond donors (Lipinski definition) is 1. The van der Waals surface area contributed by atoms with Crippen LogP contribution in [0.5, 0.6) is 0 Å². The number of carbonyl (C=O) groups is 1. The average Bonchev–Trinajstić information content (AvgIpc) is 2.96. The summed E-state index contributed by atoms with van der Waals surface area (Å²) in [5.74, 6) is 4.06. The Kier molecular flexibility index (Phi) is 4.53. The fourth-order valence-electron chi connectivity index (χ4n) is 8.11. The first-order chi connectivity index (χ1) is 12.3. The second-order valence-corrected chi connectivity index (χ2v) is 10.3. The minimum Gasteiger partial charge on any atom is -0.396 e. The van der Waals surface area contributed by atoms with E-state index in [0.717, 1.165) is 43.1 Å². The molecule has 3 nitrogen and oxygen atoms in total. The molecule has 7 atom stereocenters. The van der Waals surface area contributed by atoms with Crippen molar-refractivity contribution in [1.29, 1.82) is 0 Å². The fourth-order valence-corrected chi connectivity index (χ4v) is 8.11. The highest BCUT2D eigenvalue weighted by atomic mass is 16.5. The lowest BCUT2D eigenvalue weighted by Crippen LogP contribution is -2.52. The first-order valence-corrected chi connectivity index (χ1v) is 10.8. The zero-order valence-electron chi connectivity index (χ0n) is 17.1. The van der Waals surface area contributed by atoms with Crippen LogP contribution < -0.4 is 5.73 Å². The molecule has 0 aromatic carbocycles. The maximum absolute atomic E-state index is 12.2. The third kappa shape index (κ3) is 2.45. The highest BCUT2D eigenvalue weighted by molar-refractivity contribution is 5.96. The molecule has 0 aromatic heterocycles. The monoisotopic (exact) mass is 359 g/mol. The smallest absolute Gasteiger partial charge is 0.178 e. The Bertz CT molecular complexity index is 626. The summed E-state index contributed by atoms with van der Waals surface area (Å²) >= 11 is 0. The van der Waals surface area contributed by atoms with Crippen molar-refractivity contribution in [2.24, 2.45) is 46.2 Å². The molecule has 2 N–H and O–H groups in total. The van der Waals surface area contributed by atoms with Crippen LogP contribution in [0.15, 0.2) is 11.3 Å². The predicted molar refractivity (Wildman–Crippen MR) is 104 cm³/mol. The number of fused-ring (bicyclic) bond motifs is 5.